The number of hydrogen-bond acceptors (Lipinski definition) is 3. The third-order valence-electron chi connectivity index (χ3n) is 3.34. The lowest BCUT2D eigenvalue weighted by atomic mass is 10.1. The molecular weight excluding hydrogens is 366 g/mol. The molecule has 0 amide bonds. The Bertz CT molecular complexity index is 757. The quantitative estimate of drug-likeness (QED) is 0.853. The van der Waals surface area contributed by atoms with E-state index in [1.54, 1.807) is 6.07 Å². The highest BCUT2D eigenvalue weighted by molar-refractivity contribution is 9.10. The van der Waals surface area contributed by atoms with E-state index >= 15 is 0 Å². The van der Waals surface area contributed by atoms with E-state index in [1.807, 2.05) is 38.1 Å². The Balaban J connectivity index is 2.23. The normalized spacial score (nSPS) is 12.9. The lowest BCUT2D eigenvalue weighted by Crippen LogP contribution is -2.26. The lowest BCUT2D eigenvalue weighted by Gasteiger charge is -2.15. The molecule has 6 heteroatoms. The predicted octanol–water partition coefficient (Wildman–Crippen LogP) is 3.81. The van der Waals surface area contributed by atoms with Crippen molar-refractivity contribution in [1.29, 1.82) is 0 Å². The minimum Gasteiger partial charge on any atom is -0.496 e. The van der Waals surface area contributed by atoms with E-state index in [0.717, 1.165) is 11.1 Å². The number of nitrogens with one attached hydrogen (secondary N) is 1. The highest BCUT2D eigenvalue weighted by Crippen LogP contribution is 2.28. The van der Waals surface area contributed by atoms with Gasteiger partial charge in [0.05, 0.1) is 16.5 Å². The van der Waals surface area contributed by atoms with E-state index in [2.05, 4.69) is 20.7 Å². The van der Waals surface area contributed by atoms with Crippen molar-refractivity contribution in [3.8, 4) is 5.75 Å². The molecule has 1 N–H and O–H groups in total. The average molecular weight is 384 g/mol. The van der Waals surface area contributed by atoms with Crippen LogP contribution < -0.4 is 9.46 Å². The maximum Gasteiger partial charge on any atom is 0.241 e. The van der Waals surface area contributed by atoms with Gasteiger partial charge in [0, 0.05) is 6.04 Å². The summed E-state index contributed by atoms with van der Waals surface area (Å²) >= 11 is 3.30. The molecule has 0 saturated heterocycles. The van der Waals surface area contributed by atoms with Gasteiger partial charge in [-0.15, -0.1) is 0 Å². The summed E-state index contributed by atoms with van der Waals surface area (Å²) in [5.41, 5.74) is 2.06. The number of halogens is 1. The predicted molar refractivity (Wildman–Crippen MR) is 90.6 cm³/mol. The topological polar surface area (TPSA) is 55.4 Å². The van der Waals surface area contributed by atoms with Gasteiger partial charge in [0.25, 0.3) is 0 Å². The van der Waals surface area contributed by atoms with Crippen molar-refractivity contribution in [2.24, 2.45) is 0 Å². The number of sulfonamides is 1. The number of rotatable bonds is 5. The fourth-order valence-corrected chi connectivity index (χ4v) is 3.99. The van der Waals surface area contributed by atoms with Gasteiger partial charge in [0.2, 0.25) is 10.0 Å². The van der Waals surface area contributed by atoms with Crippen LogP contribution in [0.3, 0.4) is 0 Å². The third-order valence-corrected chi connectivity index (χ3v) is 5.50. The lowest BCUT2D eigenvalue weighted by molar-refractivity contribution is 0.411. The van der Waals surface area contributed by atoms with Crippen molar-refractivity contribution in [1.82, 2.24) is 4.72 Å². The van der Waals surface area contributed by atoms with Gasteiger partial charge in [0.15, 0.2) is 0 Å². The van der Waals surface area contributed by atoms with Gasteiger partial charge < -0.3 is 4.74 Å². The van der Waals surface area contributed by atoms with E-state index in [4.69, 9.17) is 4.74 Å². The van der Waals surface area contributed by atoms with Crippen molar-refractivity contribution < 1.29 is 13.2 Å². The Kier molecular flexibility index (Phi) is 5.26. The molecule has 0 aliphatic heterocycles. The zero-order valence-corrected chi connectivity index (χ0v) is 15.0. The molecule has 0 fully saturated rings. The molecule has 1 atom stereocenters. The molecule has 2 aromatic carbocycles. The van der Waals surface area contributed by atoms with Gasteiger partial charge in [-0.2, -0.15) is 0 Å². The first kappa shape index (κ1) is 17.0. The Hall–Kier alpha value is -1.37. The highest BCUT2D eigenvalue weighted by atomic mass is 79.9. The maximum absolute atomic E-state index is 12.5. The Morgan fingerprint density at radius 1 is 1.14 bits per heavy atom. The van der Waals surface area contributed by atoms with E-state index in [9.17, 15) is 8.42 Å². The fraction of sp³-hybridized carbons (Fsp3) is 0.250. The van der Waals surface area contributed by atoms with E-state index in [-0.39, 0.29) is 10.9 Å². The molecule has 0 heterocycles. The number of methoxy groups -OCH3 is 1. The SMILES string of the molecule is COc1ccc(S(=O)(=O)N[C@H](C)c2ccc(C)cc2)cc1Br. The molecule has 4 nitrogen and oxygen atoms in total. The van der Waals surface area contributed by atoms with Crippen LogP contribution in [0.1, 0.15) is 24.1 Å². The molecule has 0 saturated carbocycles. The van der Waals surface area contributed by atoms with Crippen LogP contribution in [0.15, 0.2) is 51.8 Å². The number of ether oxygens (including phenoxy) is 1. The molecular formula is C16H18BrNO3S. The average Bonchev–Trinajstić information content (AvgIpc) is 2.47. The molecule has 0 aliphatic carbocycles. The molecule has 0 spiro atoms. The largest absolute Gasteiger partial charge is 0.496 e. The van der Waals surface area contributed by atoms with Crippen molar-refractivity contribution in [3.63, 3.8) is 0 Å². The van der Waals surface area contributed by atoms with Crippen molar-refractivity contribution >= 4 is 26.0 Å². The summed E-state index contributed by atoms with van der Waals surface area (Å²) in [6.45, 7) is 3.81. The molecule has 0 radical (unpaired) electrons. The fourth-order valence-electron chi connectivity index (χ4n) is 2.04. The minimum atomic E-state index is -3.60. The molecule has 0 aliphatic rings. The second-order valence-corrected chi connectivity index (χ2v) is 7.62. The summed E-state index contributed by atoms with van der Waals surface area (Å²) in [6, 6.07) is 12.1. The summed E-state index contributed by atoms with van der Waals surface area (Å²) in [6.07, 6.45) is 0. The maximum atomic E-state index is 12.5. The summed E-state index contributed by atoms with van der Waals surface area (Å²) in [5, 5.41) is 0. The summed E-state index contributed by atoms with van der Waals surface area (Å²) in [7, 11) is -2.07. The van der Waals surface area contributed by atoms with Gasteiger partial charge in [-0.3, -0.25) is 0 Å². The monoisotopic (exact) mass is 383 g/mol. The molecule has 0 unspecified atom stereocenters. The second kappa shape index (κ2) is 6.81. The highest BCUT2D eigenvalue weighted by Gasteiger charge is 2.19. The Morgan fingerprint density at radius 3 is 2.32 bits per heavy atom. The van der Waals surface area contributed by atoms with E-state index in [0.29, 0.717) is 10.2 Å². The van der Waals surface area contributed by atoms with Crippen LogP contribution in [0.2, 0.25) is 0 Å². The molecule has 2 rings (SSSR count). The van der Waals surface area contributed by atoms with Crippen LogP contribution in [-0.4, -0.2) is 15.5 Å². The number of benzene rings is 2. The number of aryl methyl sites for hydroxylation is 1. The van der Waals surface area contributed by atoms with Crippen LogP contribution >= 0.6 is 15.9 Å². The van der Waals surface area contributed by atoms with Gasteiger partial charge >= 0.3 is 0 Å². The molecule has 2 aromatic rings. The molecule has 22 heavy (non-hydrogen) atoms. The van der Waals surface area contributed by atoms with Crippen molar-refractivity contribution in [3.05, 3.63) is 58.1 Å². The Labute approximate surface area is 139 Å². The van der Waals surface area contributed by atoms with Gasteiger partial charge in [-0.25, -0.2) is 13.1 Å². The number of hydrogen-bond donors (Lipinski definition) is 1. The Morgan fingerprint density at radius 2 is 1.77 bits per heavy atom. The van der Waals surface area contributed by atoms with Gasteiger partial charge in [0.1, 0.15) is 5.75 Å². The first-order valence-corrected chi connectivity index (χ1v) is 9.03. The molecule has 118 valence electrons. The van der Waals surface area contributed by atoms with Crippen LogP contribution in [0, 0.1) is 6.92 Å². The smallest absolute Gasteiger partial charge is 0.241 e. The van der Waals surface area contributed by atoms with Crippen molar-refractivity contribution in [2.75, 3.05) is 7.11 Å². The zero-order chi connectivity index (χ0) is 16.3. The molecule has 0 aromatic heterocycles. The van der Waals surface area contributed by atoms with Gasteiger partial charge in [-0.1, -0.05) is 29.8 Å². The third kappa shape index (κ3) is 3.88. The summed E-state index contributed by atoms with van der Waals surface area (Å²) in [5.74, 6) is 0.588. The first-order chi connectivity index (χ1) is 10.3. The van der Waals surface area contributed by atoms with Crippen LogP contribution in [0.5, 0.6) is 5.75 Å². The van der Waals surface area contributed by atoms with Crippen LogP contribution in [0.4, 0.5) is 0 Å². The van der Waals surface area contributed by atoms with Gasteiger partial charge in [-0.05, 0) is 53.5 Å². The zero-order valence-electron chi connectivity index (χ0n) is 12.6. The summed E-state index contributed by atoms with van der Waals surface area (Å²) < 4.78 is 33.3. The minimum absolute atomic E-state index is 0.194. The first-order valence-electron chi connectivity index (χ1n) is 6.76. The van der Waals surface area contributed by atoms with E-state index < -0.39 is 10.0 Å². The van der Waals surface area contributed by atoms with Crippen molar-refractivity contribution in [2.45, 2.75) is 24.8 Å². The van der Waals surface area contributed by atoms with Crippen LogP contribution in [0.25, 0.3) is 0 Å². The molecule has 0 bridgehead atoms. The standard InChI is InChI=1S/C16H18BrNO3S/c1-11-4-6-13(7-5-11)12(2)18-22(19,20)14-8-9-16(21-3)15(17)10-14/h4-10,12,18H,1-3H3/t12-/m1/s1. The summed E-state index contributed by atoms with van der Waals surface area (Å²) in [4.78, 5) is 0.194. The van der Waals surface area contributed by atoms with Crippen LogP contribution in [-0.2, 0) is 10.0 Å². The second-order valence-electron chi connectivity index (χ2n) is 5.05. The van der Waals surface area contributed by atoms with E-state index in [1.165, 1.54) is 19.2 Å².